The standard InChI is InChI=1S/C17H17N3O5/c1-2-11-25-13-9-7-12(8-10-13)16(21)18-19-17(22)14-5-3-4-6-15(14)20(23)24/h3-10H,2,11H2,1H3,(H,18,21)(H,19,22). The number of hydrogen-bond donors (Lipinski definition) is 2. The molecule has 0 aliphatic carbocycles. The molecule has 0 atom stereocenters. The van der Waals surface area contributed by atoms with Gasteiger partial charge in [0.15, 0.2) is 0 Å². The highest BCUT2D eigenvalue weighted by Gasteiger charge is 2.19. The van der Waals surface area contributed by atoms with Crippen LogP contribution in [0, 0.1) is 10.1 Å². The Kier molecular flexibility index (Phi) is 6.05. The summed E-state index contributed by atoms with van der Waals surface area (Å²) in [5.41, 5.74) is 4.22. The van der Waals surface area contributed by atoms with Gasteiger partial charge in [0.25, 0.3) is 17.5 Å². The molecule has 130 valence electrons. The van der Waals surface area contributed by atoms with Gasteiger partial charge in [-0.25, -0.2) is 0 Å². The quantitative estimate of drug-likeness (QED) is 0.618. The zero-order valence-electron chi connectivity index (χ0n) is 13.5. The summed E-state index contributed by atoms with van der Waals surface area (Å²) in [6.45, 7) is 2.57. The van der Waals surface area contributed by atoms with Crippen LogP contribution in [0.25, 0.3) is 0 Å². The van der Waals surface area contributed by atoms with Gasteiger partial charge in [0.2, 0.25) is 0 Å². The lowest BCUT2D eigenvalue weighted by Gasteiger charge is -2.09. The normalized spacial score (nSPS) is 9.96. The fraction of sp³-hybridized carbons (Fsp3) is 0.176. The van der Waals surface area contributed by atoms with Crippen LogP contribution in [0.2, 0.25) is 0 Å². The molecule has 0 aromatic heterocycles. The maximum Gasteiger partial charge on any atom is 0.282 e. The van der Waals surface area contributed by atoms with Crippen LogP contribution in [0.15, 0.2) is 48.5 Å². The Morgan fingerprint density at radius 2 is 1.68 bits per heavy atom. The molecule has 25 heavy (non-hydrogen) atoms. The molecule has 2 aromatic carbocycles. The van der Waals surface area contributed by atoms with Gasteiger partial charge in [-0.2, -0.15) is 0 Å². The number of nitro benzene ring substituents is 1. The number of nitrogens with one attached hydrogen (secondary N) is 2. The van der Waals surface area contributed by atoms with Crippen molar-refractivity contribution >= 4 is 17.5 Å². The number of benzene rings is 2. The minimum atomic E-state index is -0.774. The molecule has 0 radical (unpaired) electrons. The van der Waals surface area contributed by atoms with Gasteiger partial charge in [-0.3, -0.25) is 30.6 Å². The summed E-state index contributed by atoms with van der Waals surface area (Å²) in [5, 5.41) is 10.9. The Balaban J connectivity index is 1.98. The lowest BCUT2D eigenvalue weighted by molar-refractivity contribution is -0.385. The van der Waals surface area contributed by atoms with Gasteiger partial charge in [0.05, 0.1) is 11.5 Å². The Hall–Kier alpha value is -3.42. The molecule has 0 aliphatic heterocycles. The van der Waals surface area contributed by atoms with Crippen LogP contribution in [0.4, 0.5) is 5.69 Å². The molecule has 0 spiro atoms. The molecule has 0 bridgehead atoms. The average molecular weight is 343 g/mol. The number of nitro groups is 1. The van der Waals surface area contributed by atoms with Gasteiger partial charge in [0.1, 0.15) is 11.3 Å². The van der Waals surface area contributed by atoms with E-state index in [0.29, 0.717) is 17.9 Å². The van der Waals surface area contributed by atoms with Crippen molar-refractivity contribution in [3.05, 3.63) is 69.8 Å². The highest BCUT2D eigenvalue weighted by atomic mass is 16.6. The Bertz CT molecular complexity index is 774. The van der Waals surface area contributed by atoms with Crippen LogP contribution < -0.4 is 15.6 Å². The number of ether oxygens (including phenoxy) is 1. The molecule has 2 rings (SSSR count). The third-order valence-electron chi connectivity index (χ3n) is 3.22. The van der Waals surface area contributed by atoms with E-state index in [0.717, 1.165) is 6.42 Å². The summed E-state index contributed by atoms with van der Waals surface area (Å²) in [6.07, 6.45) is 0.875. The first-order chi connectivity index (χ1) is 12.0. The van der Waals surface area contributed by atoms with E-state index in [1.54, 1.807) is 24.3 Å². The number of amides is 2. The smallest absolute Gasteiger partial charge is 0.282 e. The van der Waals surface area contributed by atoms with E-state index in [4.69, 9.17) is 4.74 Å². The van der Waals surface area contributed by atoms with Crippen LogP contribution >= 0.6 is 0 Å². The second kappa shape index (κ2) is 8.44. The van der Waals surface area contributed by atoms with Gasteiger partial charge >= 0.3 is 0 Å². The first-order valence-electron chi connectivity index (χ1n) is 7.60. The fourth-order valence-electron chi connectivity index (χ4n) is 2.00. The predicted molar refractivity (Wildman–Crippen MR) is 90.3 cm³/mol. The van der Waals surface area contributed by atoms with Crippen LogP contribution in [0.5, 0.6) is 5.75 Å². The van der Waals surface area contributed by atoms with Gasteiger partial charge in [-0.1, -0.05) is 19.1 Å². The number of carbonyl (C=O) groups excluding carboxylic acids is 2. The molecule has 0 aliphatic rings. The Morgan fingerprint density at radius 3 is 2.32 bits per heavy atom. The van der Waals surface area contributed by atoms with Crippen LogP contribution in [-0.4, -0.2) is 23.3 Å². The summed E-state index contributed by atoms with van der Waals surface area (Å²) >= 11 is 0. The third-order valence-corrected chi connectivity index (χ3v) is 3.22. The predicted octanol–water partition coefficient (Wildman–Crippen LogP) is 2.46. The van der Waals surface area contributed by atoms with Crippen molar-refractivity contribution < 1.29 is 19.2 Å². The Morgan fingerprint density at radius 1 is 1.04 bits per heavy atom. The molecule has 0 fully saturated rings. The lowest BCUT2D eigenvalue weighted by atomic mass is 10.2. The van der Waals surface area contributed by atoms with E-state index in [2.05, 4.69) is 10.9 Å². The number of nitrogens with zero attached hydrogens (tertiary/aromatic N) is 1. The van der Waals surface area contributed by atoms with Gasteiger partial charge in [-0.05, 0) is 36.8 Å². The van der Waals surface area contributed by atoms with E-state index in [9.17, 15) is 19.7 Å². The number of carbonyl (C=O) groups is 2. The summed E-state index contributed by atoms with van der Waals surface area (Å²) < 4.78 is 5.42. The summed E-state index contributed by atoms with van der Waals surface area (Å²) in [4.78, 5) is 34.3. The topological polar surface area (TPSA) is 111 Å². The van der Waals surface area contributed by atoms with Crippen molar-refractivity contribution in [2.24, 2.45) is 0 Å². The highest BCUT2D eigenvalue weighted by Crippen LogP contribution is 2.17. The van der Waals surface area contributed by atoms with Crippen molar-refractivity contribution in [3.63, 3.8) is 0 Å². The lowest BCUT2D eigenvalue weighted by Crippen LogP contribution is -2.41. The van der Waals surface area contributed by atoms with Crippen molar-refractivity contribution in [2.45, 2.75) is 13.3 Å². The number of rotatable bonds is 6. The van der Waals surface area contributed by atoms with Gasteiger partial charge in [-0.15, -0.1) is 0 Å². The summed E-state index contributed by atoms with van der Waals surface area (Å²) in [6, 6.07) is 11.9. The summed E-state index contributed by atoms with van der Waals surface area (Å²) in [5.74, 6) is -0.681. The molecular formula is C17H17N3O5. The first kappa shape index (κ1) is 17.9. The number of para-hydroxylation sites is 1. The molecular weight excluding hydrogens is 326 g/mol. The molecule has 2 aromatic rings. The monoisotopic (exact) mass is 343 g/mol. The maximum atomic E-state index is 12.0. The number of hydrogen-bond acceptors (Lipinski definition) is 5. The molecule has 0 saturated carbocycles. The minimum Gasteiger partial charge on any atom is -0.494 e. The largest absolute Gasteiger partial charge is 0.494 e. The first-order valence-corrected chi connectivity index (χ1v) is 7.60. The minimum absolute atomic E-state index is 0.142. The van der Waals surface area contributed by atoms with E-state index < -0.39 is 16.7 Å². The van der Waals surface area contributed by atoms with Crippen LogP contribution in [0.3, 0.4) is 0 Å². The van der Waals surface area contributed by atoms with Gasteiger partial charge < -0.3 is 4.74 Å². The zero-order chi connectivity index (χ0) is 18.2. The SMILES string of the molecule is CCCOc1ccc(C(=O)NNC(=O)c2ccccc2[N+](=O)[O-])cc1. The Labute approximate surface area is 143 Å². The van der Waals surface area contributed by atoms with E-state index in [-0.39, 0.29) is 11.3 Å². The van der Waals surface area contributed by atoms with Crippen LogP contribution in [-0.2, 0) is 0 Å². The summed E-state index contributed by atoms with van der Waals surface area (Å²) in [7, 11) is 0. The molecule has 0 saturated heterocycles. The zero-order valence-corrected chi connectivity index (χ0v) is 13.5. The molecule has 8 heteroatoms. The van der Waals surface area contributed by atoms with Gasteiger partial charge in [0, 0.05) is 11.6 Å². The molecule has 0 unspecified atom stereocenters. The van der Waals surface area contributed by atoms with E-state index in [1.807, 2.05) is 6.92 Å². The second-order valence-electron chi connectivity index (χ2n) is 5.06. The third kappa shape index (κ3) is 4.77. The van der Waals surface area contributed by atoms with Crippen LogP contribution in [0.1, 0.15) is 34.1 Å². The molecule has 0 heterocycles. The number of hydrazine groups is 1. The average Bonchev–Trinajstić information content (AvgIpc) is 2.64. The van der Waals surface area contributed by atoms with E-state index in [1.165, 1.54) is 24.3 Å². The van der Waals surface area contributed by atoms with E-state index >= 15 is 0 Å². The van der Waals surface area contributed by atoms with Crippen molar-refractivity contribution in [2.75, 3.05) is 6.61 Å². The van der Waals surface area contributed by atoms with Crippen molar-refractivity contribution in [1.82, 2.24) is 10.9 Å². The molecule has 2 amide bonds. The highest BCUT2D eigenvalue weighted by molar-refractivity contribution is 6.01. The second-order valence-corrected chi connectivity index (χ2v) is 5.06. The molecule has 8 nitrogen and oxygen atoms in total. The molecule has 2 N–H and O–H groups in total. The van der Waals surface area contributed by atoms with Crippen molar-refractivity contribution in [1.29, 1.82) is 0 Å². The van der Waals surface area contributed by atoms with Crippen molar-refractivity contribution in [3.8, 4) is 5.75 Å². The maximum absolute atomic E-state index is 12.0. The fourth-order valence-corrected chi connectivity index (χ4v) is 2.00.